The topological polar surface area (TPSA) is 115 Å². The van der Waals surface area contributed by atoms with Gasteiger partial charge in [-0.25, -0.2) is 19.8 Å². The minimum atomic E-state index is -0.0786. The number of carbonyl (C=O) groups excluding carboxylic acids is 1. The van der Waals surface area contributed by atoms with Gasteiger partial charge < -0.3 is 20.9 Å². The number of nitrogens with two attached hydrogens (primary N) is 1. The summed E-state index contributed by atoms with van der Waals surface area (Å²) in [6.45, 7) is 2.37. The molecule has 154 valence electrons. The average Bonchev–Trinajstić information content (AvgIpc) is 3.29. The van der Waals surface area contributed by atoms with Crippen LogP contribution in [0.5, 0.6) is 0 Å². The molecule has 2 amide bonds. The van der Waals surface area contributed by atoms with Crippen molar-refractivity contribution in [2.24, 2.45) is 10.8 Å². The number of hydrogen-bond donors (Lipinski definition) is 2. The normalized spacial score (nSPS) is 19.3. The summed E-state index contributed by atoms with van der Waals surface area (Å²) in [4.78, 5) is 25.8. The van der Waals surface area contributed by atoms with E-state index in [2.05, 4.69) is 15.1 Å². The number of nitrogens with one attached hydrogen (secondary N) is 1. The Kier molecular flexibility index (Phi) is 5.69. The van der Waals surface area contributed by atoms with E-state index in [1.54, 1.807) is 23.5 Å². The van der Waals surface area contributed by atoms with Crippen LogP contribution in [0.4, 0.5) is 10.7 Å². The third kappa shape index (κ3) is 4.00. The predicted molar refractivity (Wildman–Crippen MR) is 116 cm³/mol. The van der Waals surface area contributed by atoms with Crippen molar-refractivity contribution in [1.29, 1.82) is 5.41 Å². The first-order chi connectivity index (χ1) is 14.7. The van der Waals surface area contributed by atoms with Crippen molar-refractivity contribution in [1.82, 2.24) is 19.9 Å². The second-order valence-electron chi connectivity index (χ2n) is 7.09. The van der Waals surface area contributed by atoms with E-state index in [1.807, 2.05) is 40.1 Å². The first-order valence-electron chi connectivity index (χ1n) is 9.87. The molecular formula is C21H24N8O. The third-order valence-corrected chi connectivity index (χ3v) is 5.24. The van der Waals surface area contributed by atoms with Crippen molar-refractivity contribution in [3.8, 4) is 0 Å². The van der Waals surface area contributed by atoms with Gasteiger partial charge in [0, 0.05) is 51.2 Å². The van der Waals surface area contributed by atoms with Crippen LogP contribution < -0.4 is 10.6 Å². The molecule has 1 atom stereocenters. The summed E-state index contributed by atoms with van der Waals surface area (Å²) in [7, 11) is 0. The van der Waals surface area contributed by atoms with Gasteiger partial charge in [-0.05, 0) is 17.7 Å². The van der Waals surface area contributed by atoms with E-state index in [9.17, 15) is 4.79 Å². The fourth-order valence-corrected chi connectivity index (χ4v) is 3.63. The standard InChI is InChI=1S/C21H24N8O/c22-9-6-17(23)18-7-10-24-20(26-18)27-12-14-28(15-13-27)21(30)29-19(8-11-25-29)16-4-2-1-3-5-16/h1-7,9-11,19,22H,8,12-15,23H2. The molecule has 9 heteroatoms. The van der Waals surface area contributed by atoms with E-state index in [-0.39, 0.29) is 12.1 Å². The summed E-state index contributed by atoms with van der Waals surface area (Å²) in [6, 6.07) is 11.6. The number of nitrogens with zero attached hydrogens (tertiary/aromatic N) is 6. The molecule has 3 N–H and O–H groups in total. The maximum absolute atomic E-state index is 13.1. The molecule has 0 bridgehead atoms. The molecule has 0 radical (unpaired) electrons. The molecule has 1 saturated heterocycles. The van der Waals surface area contributed by atoms with E-state index < -0.39 is 0 Å². The number of rotatable bonds is 4. The molecule has 9 nitrogen and oxygen atoms in total. The van der Waals surface area contributed by atoms with Gasteiger partial charge in [-0.2, -0.15) is 5.10 Å². The maximum Gasteiger partial charge on any atom is 0.341 e. The Morgan fingerprint density at radius 1 is 1.13 bits per heavy atom. The monoisotopic (exact) mass is 404 g/mol. The minimum absolute atomic E-state index is 0.0552. The smallest absolute Gasteiger partial charge is 0.341 e. The van der Waals surface area contributed by atoms with Crippen molar-refractivity contribution < 1.29 is 4.79 Å². The molecule has 1 unspecified atom stereocenters. The van der Waals surface area contributed by atoms with Crippen LogP contribution in [0.2, 0.25) is 0 Å². The van der Waals surface area contributed by atoms with Gasteiger partial charge in [0.1, 0.15) is 0 Å². The first-order valence-corrected chi connectivity index (χ1v) is 9.87. The number of aromatic nitrogens is 2. The van der Waals surface area contributed by atoms with Gasteiger partial charge in [0.25, 0.3) is 0 Å². The van der Waals surface area contributed by atoms with E-state index in [1.165, 1.54) is 6.08 Å². The van der Waals surface area contributed by atoms with E-state index in [4.69, 9.17) is 11.1 Å². The van der Waals surface area contributed by atoms with Gasteiger partial charge in [0.05, 0.1) is 17.4 Å². The van der Waals surface area contributed by atoms with Crippen LogP contribution in [-0.2, 0) is 0 Å². The third-order valence-electron chi connectivity index (χ3n) is 5.24. The number of benzene rings is 1. The van der Waals surface area contributed by atoms with Crippen molar-refractivity contribution in [3.05, 3.63) is 59.9 Å². The lowest BCUT2D eigenvalue weighted by Gasteiger charge is -2.37. The van der Waals surface area contributed by atoms with Crippen LogP contribution in [-0.4, -0.2) is 64.5 Å². The van der Waals surface area contributed by atoms with E-state index in [0.717, 1.165) is 18.2 Å². The Morgan fingerprint density at radius 3 is 2.63 bits per heavy atom. The number of hydrazone groups is 1. The number of carbonyl (C=O) groups is 1. The lowest BCUT2D eigenvalue weighted by molar-refractivity contribution is 0.139. The summed E-state index contributed by atoms with van der Waals surface area (Å²) in [5.41, 5.74) is 8.01. The lowest BCUT2D eigenvalue weighted by atomic mass is 10.1. The van der Waals surface area contributed by atoms with Gasteiger partial charge in [0.15, 0.2) is 0 Å². The van der Waals surface area contributed by atoms with Crippen LogP contribution in [0, 0.1) is 5.41 Å². The van der Waals surface area contributed by atoms with Crippen LogP contribution in [0.3, 0.4) is 0 Å². The number of urea groups is 1. The largest absolute Gasteiger partial charge is 0.397 e. The molecule has 3 heterocycles. The molecule has 2 aromatic rings. The van der Waals surface area contributed by atoms with Crippen LogP contribution in [0.25, 0.3) is 5.70 Å². The van der Waals surface area contributed by atoms with Crippen molar-refractivity contribution >= 4 is 30.1 Å². The van der Waals surface area contributed by atoms with Crippen molar-refractivity contribution in [2.75, 3.05) is 31.1 Å². The Morgan fingerprint density at radius 2 is 1.90 bits per heavy atom. The second kappa shape index (κ2) is 8.73. The Balaban J connectivity index is 1.40. The highest BCUT2D eigenvalue weighted by Gasteiger charge is 2.33. The summed E-state index contributed by atoms with van der Waals surface area (Å²) in [5.74, 6) is 0.572. The number of anilines is 1. The molecule has 0 aliphatic carbocycles. The highest BCUT2D eigenvalue weighted by Crippen LogP contribution is 2.29. The summed E-state index contributed by atoms with van der Waals surface area (Å²) in [6.07, 6.45) is 6.80. The van der Waals surface area contributed by atoms with Gasteiger partial charge in [-0.1, -0.05) is 30.3 Å². The highest BCUT2D eigenvalue weighted by molar-refractivity contribution is 5.81. The second-order valence-corrected chi connectivity index (χ2v) is 7.09. The van der Waals surface area contributed by atoms with Gasteiger partial charge in [0.2, 0.25) is 5.95 Å². The van der Waals surface area contributed by atoms with Crippen LogP contribution in [0.15, 0.2) is 53.8 Å². The molecule has 0 saturated carbocycles. The highest BCUT2D eigenvalue weighted by atomic mass is 16.2. The number of piperazine rings is 1. The molecule has 4 rings (SSSR count). The van der Waals surface area contributed by atoms with Crippen LogP contribution in [0.1, 0.15) is 23.7 Å². The number of allylic oxidation sites excluding steroid dienone is 1. The predicted octanol–water partition coefficient (Wildman–Crippen LogP) is 2.10. The summed E-state index contributed by atoms with van der Waals surface area (Å²) >= 11 is 0. The average molecular weight is 404 g/mol. The van der Waals surface area contributed by atoms with Crippen molar-refractivity contribution in [2.45, 2.75) is 12.5 Å². The number of amides is 2. The fraction of sp³-hybridized carbons (Fsp3) is 0.286. The van der Waals surface area contributed by atoms with Gasteiger partial charge in [-0.3, -0.25) is 0 Å². The molecule has 2 aliphatic heterocycles. The Hall–Kier alpha value is -3.75. The van der Waals surface area contributed by atoms with Crippen LogP contribution >= 0.6 is 0 Å². The lowest BCUT2D eigenvalue weighted by Crippen LogP contribution is -2.52. The molecule has 1 fully saturated rings. The minimum Gasteiger partial charge on any atom is -0.397 e. The first kappa shape index (κ1) is 19.6. The zero-order chi connectivity index (χ0) is 20.9. The summed E-state index contributed by atoms with van der Waals surface area (Å²) < 4.78 is 0. The SMILES string of the molecule is N=CC=C(N)c1ccnc(N2CCN(C(=O)N3N=CCC3c3ccccc3)CC2)n1. The maximum atomic E-state index is 13.1. The molecule has 30 heavy (non-hydrogen) atoms. The van der Waals surface area contributed by atoms with Gasteiger partial charge in [-0.15, -0.1) is 0 Å². The Labute approximate surface area is 175 Å². The fourth-order valence-electron chi connectivity index (χ4n) is 3.63. The quantitative estimate of drug-likeness (QED) is 0.758. The summed E-state index contributed by atoms with van der Waals surface area (Å²) in [5, 5.41) is 13.1. The van der Waals surface area contributed by atoms with E-state index in [0.29, 0.717) is 43.5 Å². The van der Waals surface area contributed by atoms with Crippen molar-refractivity contribution in [3.63, 3.8) is 0 Å². The van der Waals surface area contributed by atoms with Gasteiger partial charge >= 0.3 is 6.03 Å². The Bertz CT molecular complexity index is 966. The molecule has 2 aliphatic rings. The number of hydrogen-bond acceptors (Lipinski definition) is 7. The zero-order valence-corrected chi connectivity index (χ0v) is 16.6. The molecule has 0 spiro atoms. The van der Waals surface area contributed by atoms with E-state index >= 15 is 0 Å². The molecule has 1 aromatic heterocycles. The molecule has 1 aromatic carbocycles. The zero-order valence-electron chi connectivity index (χ0n) is 16.6. The molecular weight excluding hydrogens is 380 g/mol.